The zero-order valence-electron chi connectivity index (χ0n) is 26.3. The monoisotopic (exact) mass is 584 g/mol. The van der Waals surface area contributed by atoms with Crippen molar-refractivity contribution >= 4 is 12.6 Å². The topological polar surface area (TPSA) is 18.5 Å². The van der Waals surface area contributed by atoms with Gasteiger partial charge in [0, 0.05) is 0 Å². The first-order chi connectivity index (χ1) is 21.8. The predicted molar refractivity (Wildman–Crippen MR) is 189 cm³/mol. The van der Waals surface area contributed by atoms with E-state index in [1.165, 1.54) is 44.5 Å². The number of benzene rings is 6. The molecule has 3 heteroatoms. The molecule has 1 saturated heterocycles. The summed E-state index contributed by atoms with van der Waals surface area (Å²) in [6.45, 7) is 8.36. The van der Waals surface area contributed by atoms with Crippen LogP contribution in [0.25, 0.3) is 55.6 Å². The molecule has 0 bridgehead atoms. The molecule has 6 aromatic carbocycles. The second kappa shape index (κ2) is 11.7. The normalized spacial score (nSPS) is 15.2. The maximum absolute atomic E-state index is 6.31. The second-order valence-electron chi connectivity index (χ2n) is 12.9. The Morgan fingerprint density at radius 3 is 1.16 bits per heavy atom. The van der Waals surface area contributed by atoms with Gasteiger partial charge < -0.3 is 9.31 Å². The summed E-state index contributed by atoms with van der Waals surface area (Å²) in [6, 6.07) is 54.3. The van der Waals surface area contributed by atoms with Crippen molar-refractivity contribution in [2.75, 3.05) is 0 Å². The molecule has 0 N–H and O–H groups in total. The molecule has 1 aliphatic heterocycles. The number of hydrogen-bond donors (Lipinski definition) is 0. The molecule has 220 valence electrons. The van der Waals surface area contributed by atoms with Gasteiger partial charge in [-0.05, 0) is 113 Å². The lowest BCUT2D eigenvalue weighted by molar-refractivity contribution is 0.00578. The Balaban J connectivity index is 1.19. The van der Waals surface area contributed by atoms with Gasteiger partial charge in [-0.2, -0.15) is 0 Å². The molecule has 1 heterocycles. The van der Waals surface area contributed by atoms with E-state index in [1.807, 2.05) is 0 Å². The largest absolute Gasteiger partial charge is 0.494 e. The smallest absolute Gasteiger partial charge is 0.399 e. The molecular weight excluding hydrogens is 547 g/mol. The highest BCUT2D eigenvalue weighted by Gasteiger charge is 2.51. The lowest BCUT2D eigenvalue weighted by atomic mass is 9.78. The third kappa shape index (κ3) is 5.90. The molecule has 2 nitrogen and oxygen atoms in total. The van der Waals surface area contributed by atoms with Crippen molar-refractivity contribution in [3.05, 3.63) is 152 Å². The summed E-state index contributed by atoms with van der Waals surface area (Å²) in [5.41, 5.74) is 12.2. The summed E-state index contributed by atoms with van der Waals surface area (Å²) >= 11 is 0. The van der Waals surface area contributed by atoms with Crippen LogP contribution in [0.5, 0.6) is 0 Å². The van der Waals surface area contributed by atoms with Crippen molar-refractivity contribution < 1.29 is 9.31 Å². The Bertz CT molecular complexity index is 1870. The van der Waals surface area contributed by atoms with Gasteiger partial charge in [0.1, 0.15) is 0 Å². The van der Waals surface area contributed by atoms with Gasteiger partial charge in [0.2, 0.25) is 0 Å². The van der Waals surface area contributed by atoms with Gasteiger partial charge in [0.05, 0.1) is 11.2 Å². The second-order valence-corrected chi connectivity index (χ2v) is 12.9. The van der Waals surface area contributed by atoms with E-state index in [4.69, 9.17) is 9.31 Å². The maximum Gasteiger partial charge on any atom is 0.494 e. The summed E-state index contributed by atoms with van der Waals surface area (Å²) in [5.74, 6) is 0. The van der Waals surface area contributed by atoms with Crippen LogP contribution in [-0.2, 0) is 9.31 Å². The molecule has 1 aliphatic rings. The summed E-state index contributed by atoms with van der Waals surface area (Å²) in [6.07, 6.45) is 0. The van der Waals surface area contributed by atoms with Crippen molar-refractivity contribution in [1.82, 2.24) is 0 Å². The van der Waals surface area contributed by atoms with E-state index in [9.17, 15) is 0 Å². The quantitative estimate of drug-likeness (QED) is 0.181. The summed E-state index contributed by atoms with van der Waals surface area (Å²) in [5, 5.41) is 0. The number of rotatable bonds is 6. The molecular formula is C42H37BO2. The molecule has 0 radical (unpaired) electrons. The van der Waals surface area contributed by atoms with E-state index >= 15 is 0 Å². The third-order valence-corrected chi connectivity index (χ3v) is 9.31. The van der Waals surface area contributed by atoms with Gasteiger partial charge in [0.25, 0.3) is 0 Å². The zero-order valence-corrected chi connectivity index (χ0v) is 26.3. The Hall–Kier alpha value is -4.70. The highest BCUT2D eigenvalue weighted by Crippen LogP contribution is 2.37. The average Bonchev–Trinajstić information content (AvgIpc) is 3.31. The maximum atomic E-state index is 6.31. The standard InChI is InChI=1S/C42H37BO2/c1-41(2)42(3,4)45-43(44-41)40-20-12-19-36(29-40)33-23-21-32(22-24-33)34-17-11-18-35(25-34)39-27-37(30-13-7-5-8-14-30)26-38(28-39)31-15-9-6-10-16-31/h5-29H,1-4H3. The fourth-order valence-electron chi connectivity index (χ4n) is 5.97. The van der Waals surface area contributed by atoms with Crippen LogP contribution >= 0.6 is 0 Å². The van der Waals surface area contributed by atoms with Crippen LogP contribution < -0.4 is 5.46 Å². The summed E-state index contributed by atoms with van der Waals surface area (Å²) in [7, 11) is -0.375. The first-order valence-electron chi connectivity index (χ1n) is 15.7. The average molecular weight is 585 g/mol. The van der Waals surface area contributed by atoms with Crippen molar-refractivity contribution in [2.45, 2.75) is 38.9 Å². The van der Waals surface area contributed by atoms with Crippen LogP contribution in [-0.4, -0.2) is 18.3 Å². The molecule has 7 rings (SSSR count). The fraction of sp³-hybridized carbons (Fsp3) is 0.143. The Kier molecular flexibility index (Phi) is 7.53. The lowest BCUT2D eigenvalue weighted by Gasteiger charge is -2.32. The Labute approximate surface area is 267 Å². The van der Waals surface area contributed by atoms with Crippen LogP contribution in [0.2, 0.25) is 0 Å². The van der Waals surface area contributed by atoms with E-state index in [1.54, 1.807) is 0 Å². The Morgan fingerprint density at radius 2 is 0.667 bits per heavy atom. The van der Waals surface area contributed by atoms with Crippen LogP contribution in [0, 0.1) is 0 Å². The van der Waals surface area contributed by atoms with E-state index in [2.05, 4.69) is 179 Å². The third-order valence-electron chi connectivity index (χ3n) is 9.31. The van der Waals surface area contributed by atoms with Crippen molar-refractivity contribution in [3.8, 4) is 55.6 Å². The summed E-state index contributed by atoms with van der Waals surface area (Å²) < 4.78 is 12.6. The first kappa shape index (κ1) is 29.0. The molecule has 0 amide bonds. The van der Waals surface area contributed by atoms with E-state index < -0.39 is 0 Å². The molecule has 6 aromatic rings. The van der Waals surface area contributed by atoms with Crippen LogP contribution in [0.15, 0.2) is 152 Å². The van der Waals surface area contributed by atoms with Crippen molar-refractivity contribution in [2.24, 2.45) is 0 Å². The molecule has 0 atom stereocenters. The van der Waals surface area contributed by atoms with Gasteiger partial charge >= 0.3 is 7.12 Å². The fourth-order valence-corrected chi connectivity index (χ4v) is 5.97. The van der Waals surface area contributed by atoms with Gasteiger partial charge in [-0.15, -0.1) is 0 Å². The minimum absolute atomic E-state index is 0.365. The highest BCUT2D eigenvalue weighted by molar-refractivity contribution is 6.62. The molecule has 0 unspecified atom stereocenters. The molecule has 1 fully saturated rings. The molecule has 45 heavy (non-hydrogen) atoms. The Morgan fingerprint density at radius 1 is 0.333 bits per heavy atom. The SMILES string of the molecule is CC1(C)OB(c2cccc(-c3ccc(-c4cccc(-c5cc(-c6ccccc6)cc(-c6ccccc6)c5)c4)cc3)c2)OC1(C)C. The van der Waals surface area contributed by atoms with Gasteiger partial charge in [0.15, 0.2) is 0 Å². The van der Waals surface area contributed by atoms with E-state index in [0.717, 1.165) is 16.6 Å². The van der Waals surface area contributed by atoms with E-state index in [0.29, 0.717) is 0 Å². The van der Waals surface area contributed by atoms with Gasteiger partial charge in [-0.25, -0.2) is 0 Å². The molecule has 0 aliphatic carbocycles. The van der Waals surface area contributed by atoms with Gasteiger partial charge in [-0.1, -0.05) is 127 Å². The van der Waals surface area contributed by atoms with Gasteiger partial charge in [-0.3, -0.25) is 0 Å². The number of hydrogen-bond acceptors (Lipinski definition) is 2. The van der Waals surface area contributed by atoms with Crippen molar-refractivity contribution in [3.63, 3.8) is 0 Å². The summed E-state index contributed by atoms with van der Waals surface area (Å²) in [4.78, 5) is 0. The molecule has 0 aromatic heterocycles. The minimum atomic E-state index is -0.375. The van der Waals surface area contributed by atoms with Crippen molar-refractivity contribution in [1.29, 1.82) is 0 Å². The lowest BCUT2D eigenvalue weighted by Crippen LogP contribution is -2.41. The van der Waals surface area contributed by atoms with Crippen LogP contribution in [0.4, 0.5) is 0 Å². The minimum Gasteiger partial charge on any atom is -0.399 e. The van der Waals surface area contributed by atoms with Crippen LogP contribution in [0.3, 0.4) is 0 Å². The zero-order chi connectivity index (χ0) is 31.0. The predicted octanol–water partition coefficient (Wildman–Crippen LogP) is 10.3. The molecule has 0 spiro atoms. The van der Waals surface area contributed by atoms with E-state index in [-0.39, 0.29) is 18.3 Å². The molecule has 0 saturated carbocycles. The highest BCUT2D eigenvalue weighted by atomic mass is 16.7. The first-order valence-corrected chi connectivity index (χ1v) is 15.7. The van der Waals surface area contributed by atoms with Crippen LogP contribution in [0.1, 0.15) is 27.7 Å².